The van der Waals surface area contributed by atoms with Gasteiger partial charge in [0.15, 0.2) is 0 Å². The molecule has 0 aromatic heterocycles. The summed E-state index contributed by atoms with van der Waals surface area (Å²) in [5, 5.41) is 8.84. The molecule has 0 aliphatic carbocycles. The van der Waals surface area contributed by atoms with Gasteiger partial charge in [-0.2, -0.15) is 13.2 Å². The topological polar surface area (TPSA) is 101 Å². The molecule has 0 spiro atoms. The Morgan fingerprint density at radius 2 is 1.97 bits per heavy atom. The summed E-state index contributed by atoms with van der Waals surface area (Å²) in [4.78, 5) is 26.4. The van der Waals surface area contributed by atoms with Crippen LogP contribution < -0.4 is 16.0 Å². The average molecular weight is 559 g/mol. The molecule has 2 fully saturated rings. The molecule has 2 heterocycles. The number of nitrogens with zero attached hydrogens (tertiary/aromatic N) is 1. The first-order valence-electron chi connectivity index (χ1n) is 13.6. The van der Waals surface area contributed by atoms with Crippen molar-refractivity contribution in [1.29, 1.82) is 0 Å². The quantitative estimate of drug-likeness (QED) is 0.356. The van der Waals surface area contributed by atoms with Gasteiger partial charge in [-0.25, -0.2) is 9.59 Å². The monoisotopic (exact) mass is 558 g/mol. The maximum Gasteiger partial charge on any atom is 0.416 e. The molecule has 1 aromatic carbocycles. The number of rotatable bonds is 11. The van der Waals surface area contributed by atoms with E-state index in [0.717, 1.165) is 44.6 Å². The molecular weight excluding hydrogens is 517 g/mol. The highest BCUT2D eigenvalue weighted by Crippen LogP contribution is 2.36. The normalized spacial score (nSPS) is 20.2. The van der Waals surface area contributed by atoms with E-state index in [-0.39, 0.29) is 31.1 Å². The summed E-state index contributed by atoms with van der Waals surface area (Å²) in [6.07, 6.45) is -1.59. The standard InChI is InChI=1S/C27H41F3N4O5/c1-31-17-23(15-19-8-12-38-13-9-19)33-25(35)34-11-4-6-21(18-34)24(39-14-10-32-26(36)37-2)20-5-3-7-22(16-20)27(28,29)30/h3,5,7,16,19,21,23-24,31H,4,6,8-15,17-18H2,1-2H3,(H,32,36)(H,33,35). The summed E-state index contributed by atoms with van der Waals surface area (Å²) in [5.41, 5.74) is -0.363. The zero-order chi connectivity index (χ0) is 28.3. The first-order valence-corrected chi connectivity index (χ1v) is 13.6. The molecule has 39 heavy (non-hydrogen) atoms. The highest BCUT2D eigenvalue weighted by atomic mass is 19.4. The molecule has 3 atom stereocenters. The van der Waals surface area contributed by atoms with Gasteiger partial charge in [0.05, 0.1) is 25.4 Å². The van der Waals surface area contributed by atoms with E-state index in [1.807, 2.05) is 7.05 Å². The van der Waals surface area contributed by atoms with Crippen LogP contribution in [0.15, 0.2) is 24.3 Å². The van der Waals surface area contributed by atoms with Crippen molar-refractivity contribution in [3.63, 3.8) is 0 Å². The lowest BCUT2D eigenvalue weighted by Gasteiger charge is -2.38. The second kappa shape index (κ2) is 15.3. The number of ether oxygens (including phenoxy) is 3. The molecule has 3 amide bonds. The number of hydrogen-bond acceptors (Lipinski definition) is 6. The fraction of sp³-hybridized carbons (Fsp3) is 0.704. The van der Waals surface area contributed by atoms with E-state index < -0.39 is 23.9 Å². The summed E-state index contributed by atoms with van der Waals surface area (Å²) >= 11 is 0. The number of likely N-dealkylation sites (N-methyl/N-ethyl adjacent to an activating group) is 1. The highest BCUT2D eigenvalue weighted by molar-refractivity contribution is 5.74. The lowest BCUT2D eigenvalue weighted by atomic mass is 9.87. The zero-order valence-electron chi connectivity index (χ0n) is 22.7. The van der Waals surface area contributed by atoms with E-state index in [1.165, 1.54) is 13.2 Å². The van der Waals surface area contributed by atoms with E-state index in [1.54, 1.807) is 11.0 Å². The van der Waals surface area contributed by atoms with Gasteiger partial charge in [-0.3, -0.25) is 0 Å². The Morgan fingerprint density at radius 1 is 1.21 bits per heavy atom. The SMILES string of the molecule is CNCC(CC1CCOCC1)NC(=O)N1CCCC(C(OCCNC(=O)OC)c2cccc(C(F)(F)F)c2)C1. The second-order valence-electron chi connectivity index (χ2n) is 10.2. The lowest BCUT2D eigenvalue weighted by Crippen LogP contribution is -2.52. The first-order chi connectivity index (χ1) is 18.7. The number of alkyl carbamates (subject to hydrolysis) is 1. The third-order valence-corrected chi connectivity index (χ3v) is 7.31. The number of nitrogens with one attached hydrogen (secondary N) is 3. The van der Waals surface area contributed by atoms with Crippen LogP contribution in [0.2, 0.25) is 0 Å². The molecule has 220 valence electrons. The second-order valence-corrected chi connectivity index (χ2v) is 10.2. The van der Waals surface area contributed by atoms with Gasteiger partial charge in [-0.1, -0.05) is 12.1 Å². The molecule has 2 aliphatic rings. The summed E-state index contributed by atoms with van der Waals surface area (Å²) < 4.78 is 56.4. The number of alkyl halides is 3. The smallest absolute Gasteiger partial charge is 0.416 e. The highest BCUT2D eigenvalue weighted by Gasteiger charge is 2.35. The van der Waals surface area contributed by atoms with Gasteiger partial charge in [0, 0.05) is 51.4 Å². The third-order valence-electron chi connectivity index (χ3n) is 7.31. The predicted octanol–water partition coefficient (Wildman–Crippen LogP) is 3.95. The van der Waals surface area contributed by atoms with Crippen molar-refractivity contribution < 1.29 is 37.0 Å². The van der Waals surface area contributed by atoms with Crippen LogP contribution in [0.3, 0.4) is 0 Å². The van der Waals surface area contributed by atoms with Gasteiger partial charge in [0.1, 0.15) is 0 Å². The molecule has 3 N–H and O–H groups in total. The third kappa shape index (κ3) is 9.84. The van der Waals surface area contributed by atoms with Crippen LogP contribution in [-0.2, 0) is 20.4 Å². The van der Waals surface area contributed by atoms with Gasteiger partial charge in [-0.15, -0.1) is 0 Å². The molecule has 1 aromatic rings. The Balaban J connectivity index is 1.69. The molecule has 0 saturated carbocycles. The first kappa shape index (κ1) is 31.0. The minimum atomic E-state index is -4.49. The van der Waals surface area contributed by atoms with Crippen molar-refractivity contribution in [1.82, 2.24) is 20.9 Å². The fourth-order valence-electron chi connectivity index (χ4n) is 5.34. The van der Waals surface area contributed by atoms with Gasteiger partial charge in [0.2, 0.25) is 0 Å². The van der Waals surface area contributed by atoms with Crippen LogP contribution in [-0.4, -0.2) is 83.2 Å². The Morgan fingerprint density at radius 3 is 2.67 bits per heavy atom. The summed E-state index contributed by atoms with van der Waals surface area (Å²) in [5.74, 6) is 0.271. The van der Waals surface area contributed by atoms with E-state index in [2.05, 4.69) is 20.7 Å². The van der Waals surface area contributed by atoms with Crippen LogP contribution >= 0.6 is 0 Å². The fourth-order valence-corrected chi connectivity index (χ4v) is 5.34. The average Bonchev–Trinajstić information content (AvgIpc) is 2.93. The maximum atomic E-state index is 13.5. The minimum Gasteiger partial charge on any atom is -0.453 e. The molecule has 2 aliphatic heterocycles. The number of halogens is 3. The van der Waals surface area contributed by atoms with Gasteiger partial charge in [-0.05, 0) is 62.8 Å². The number of methoxy groups -OCH3 is 1. The largest absolute Gasteiger partial charge is 0.453 e. The van der Waals surface area contributed by atoms with Gasteiger partial charge in [0.25, 0.3) is 0 Å². The summed E-state index contributed by atoms with van der Waals surface area (Å²) in [7, 11) is 3.10. The van der Waals surface area contributed by atoms with Crippen molar-refractivity contribution in [3.8, 4) is 0 Å². The van der Waals surface area contributed by atoms with Crippen molar-refractivity contribution in [3.05, 3.63) is 35.4 Å². The van der Waals surface area contributed by atoms with Gasteiger partial charge >= 0.3 is 18.3 Å². The van der Waals surface area contributed by atoms with Gasteiger partial charge < -0.3 is 35.1 Å². The Bertz CT molecular complexity index is 914. The number of likely N-dealkylation sites (tertiary alicyclic amines) is 1. The minimum absolute atomic E-state index is 0.0362. The molecule has 3 rings (SSSR count). The van der Waals surface area contributed by atoms with Crippen molar-refractivity contribution >= 4 is 12.1 Å². The predicted molar refractivity (Wildman–Crippen MR) is 139 cm³/mol. The molecule has 12 heteroatoms. The van der Waals surface area contributed by atoms with Crippen LogP contribution in [0.1, 0.15) is 49.3 Å². The van der Waals surface area contributed by atoms with Crippen molar-refractivity contribution in [2.75, 3.05) is 60.2 Å². The number of carbonyl (C=O) groups excluding carboxylic acids is 2. The van der Waals surface area contributed by atoms with E-state index in [0.29, 0.717) is 44.0 Å². The van der Waals surface area contributed by atoms with Crippen LogP contribution in [0.5, 0.6) is 0 Å². The number of carbonyl (C=O) groups is 2. The number of piperidine rings is 1. The molecule has 0 bridgehead atoms. The maximum absolute atomic E-state index is 13.5. The van der Waals surface area contributed by atoms with Crippen molar-refractivity contribution in [2.24, 2.45) is 11.8 Å². The van der Waals surface area contributed by atoms with E-state index in [9.17, 15) is 22.8 Å². The zero-order valence-corrected chi connectivity index (χ0v) is 22.7. The van der Waals surface area contributed by atoms with Crippen LogP contribution in [0, 0.1) is 11.8 Å². The molecule has 0 radical (unpaired) electrons. The Labute approximate surface area is 228 Å². The van der Waals surface area contributed by atoms with E-state index in [4.69, 9.17) is 9.47 Å². The lowest BCUT2D eigenvalue weighted by molar-refractivity contribution is -0.137. The van der Waals surface area contributed by atoms with Crippen LogP contribution in [0.25, 0.3) is 0 Å². The van der Waals surface area contributed by atoms with Crippen molar-refractivity contribution in [2.45, 2.75) is 50.4 Å². The number of amides is 3. The molecular formula is C27H41F3N4O5. The molecule has 3 unspecified atom stereocenters. The Kier molecular flexibility index (Phi) is 12.1. The summed E-state index contributed by atoms with van der Waals surface area (Å²) in [6, 6.07) is 4.90. The number of urea groups is 1. The van der Waals surface area contributed by atoms with E-state index >= 15 is 0 Å². The number of hydrogen-bond donors (Lipinski definition) is 3. The Hall–Kier alpha value is -2.57. The molecule has 9 nitrogen and oxygen atoms in total. The number of benzene rings is 1. The molecule has 2 saturated heterocycles. The summed E-state index contributed by atoms with van der Waals surface area (Å²) in [6.45, 7) is 3.25. The van der Waals surface area contributed by atoms with Crippen LogP contribution in [0.4, 0.5) is 22.8 Å².